The molecule has 2 aromatic heterocycles. The quantitative estimate of drug-likeness (QED) is 0.800. The Hall–Kier alpha value is -2.72. The number of hydrogen-bond acceptors (Lipinski definition) is 3. The molecule has 4 rings (SSSR count). The van der Waals surface area contributed by atoms with Gasteiger partial charge >= 0.3 is 0 Å². The number of benzene rings is 1. The summed E-state index contributed by atoms with van der Waals surface area (Å²) in [6.45, 7) is 4.70. The van der Waals surface area contributed by atoms with Gasteiger partial charge in [0.25, 0.3) is 0 Å². The summed E-state index contributed by atoms with van der Waals surface area (Å²) >= 11 is 0. The number of rotatable bonds is 4. The minimum Gasteiger partial charge on any atom is -0.394 e. The lowest BCUT2D eigenvalue weighted by Crippen LogP contribution is -2.02. The molecular formula is C20H19N3O. The van der Waals surface area contributed by atoms with Crippen LogP contribution in [0.3, 0.4) is 0 Å². The Labute approximate surface area is 141 Å². The van der Waals surface area contributed by atoms with E-state index in [1.54, 1.807) is 17.1 Å². The third kappa shape index (κ3) is 2.55. The SMILES string of the molecule is C=C1CCc2cc(-c3cn(CCO)nc3-c3ccncc3)ccc21. The number of aliphatic hydroxyl groups excluding tert-OH is 1. The number of pyridine rings is 1. The smallest absolute Gasteiger partial charge is 0.100 e. The highest BCUT2D eigenvalue weighted by molar-refractivity contribution is 5.82. The number of nitrogens with zero attached hydrogens (tertiary/aromatic N) is 3. The minimum atomic E-state index is 0.0704. The van der Waals surface area contributed by atoms with Gasteiger partial charge in [-0.1, -0.05) is 24.8 Å². The third-order valence-corrected chi connectivity index (χ3v) is 4.54. The zero-order valence-corrected chi connectivity index (χ0v) is 13.4. The van der Waals surface area contributed by atoms with E-state index in [4.69, 9.17) is 0 Å². The molecule has 2 heterocycles. The number of aliphatic hydroxyl groups is 1. The highest BCUT2D eigenvalue weighted by atomic mass is 16.3. The molecule has 120 valence electrons. The molecule has 0 radical (unpaired) electrons. The first-order valence-electron chi connectivity index (χ1n) is 8.16. The van der Waals surface area contributed by atoms with Crippen LogP contribution in [0, 0.1) is 0 Å². The van der Waals surface area contributed by atoms with Crippen LogP contribution in [0.25, 0.3) is 28.0 Å². The Bertz CT molecular complexity index is 897. The monoisotopic (exact) mass is 317 g/mol. The highest BCUT2D eigenvalue weighted by Gasteiger charge is 2.18. The molecule has 1 N–H and O–H groups in total. The molecule has 1 aromatic carbocycles. The fourth-order valence-corrected chi connectivity index (χ4v) is 3.31. The first-order chi connectivity index (χ1) is 11.8. The van der Waals surface area contributed by atoms with E-state index >= 15 is 0 Å². The maximum Gasteiger partial charge on any atom is 0.100 e. The van der Waals surface area contributed by atoms with Gasteiger partial charge in [0.05, 0.1) is 13.2 Å². The van der Waals surface area contributed by atoms with Crippen LogP contribution in [0.4, 0.5) is 0 Å². The van der Waals surface area contributed by atoms with E-state index in [0.29, 0.717) is 6.54 Å². The lowest BCUT2D eigenvalue weighted by Gasteiger charge is -2.06. The van der Waals surface area contributed by atoms with Crippen LogP contribution in [0.15, 0.2) is 55.5 Å². The minimum absolute atomic E-state index is 0.0704. The molecule has 0 saturated carbocycles. The van der Waals surface area contributed by atoms with Gasteiger partial charge < -0.3 is 5.11 Å². The summed E-state index contributed by atoms with van der Waals surface area (Å²) < 4.78 is 1.80. The van der Waals surface area contributed by atoms with Gasteiger partial charge in [0.1, 0.15) is 5.69 Å². The molecule has 4 nitrogen and oxygen atoms in total. The van der Waals surface area contributed by atoms with Crippen LogP contribution in [-0.2, 0) is 13.0 Å². The van der Waals surface area contributed by atoms with Gasteiger partial charge in [-0.05, 0) is 47.2 Å². The lowest BCUT2D eigenvalue weighted by atomic mass is 9.98. The summed E-state index contributed by atoms with van der Waals surface area (Å²) in [6, 6.07) is 10.5. The molecule has 0 fully saturated rings. The van der Waals surface area contributed by atoms with Crippen molar-refractivity contribution in [1.29, 1.82) is 0 Å². The third-order valence-electron chi connectivity index (χ3n) is 4.54. The van der Waals surface area contributed by atoms with Crippen LogP contribution in [0.2, 0.25) is 0 Å². The predicted octanol–water partition coefficient (Wildman–Crippen LogP) is 3.56. The van der Waals surface area contributed by atoms with Crippen molar-refractivity contribution in [3.05, 3.63) is 66.6 Å². The van der Waals surface area contributed by atoms with Crippen LogP contribution >= 0.6 is 0 Å². The maximum absolute atomic E-state index is 9.24. The van der Waals surface area contributed by atoms with Gasteiger partial charge in [0.2, 0.25) is 0 Å². The molecule has 0 atom stereocenters. The van der Waals surface area contributed by atoms with Gasteiger partial charge in [-0.3, -0.25) is 9.67 Å². The fraction of sp³-hybridized carbons (Fsp3) is 0.200. The molecule has 0 saturated heterocycles. The first-order valence-corrected chi connectivity index (χ1v) is 8.16. The van der Waals surface area contributed by atoms with E-state index in [1.807, 2.05) is 18.3 Å². The predicted molar refractivity (Wildman–Crippen MR) is 95.3 cm³/mol. The fourth-order valence-electron chi connectivity index (χ4n) is 3.31. The second-order valence-electron chi connectivity index (χ2n) is 6.09. The van der Waals surface area contributed by atoms with E-state index in [2.05, 4.69) is 34.9 Å². The molecule has 24 heavy (non-hydrogen) atoms. The summed E-state index contributed by atoms with van der Waals surface area (Å²) in [5, 5.41) is 13.9. The average molecular weight is 317 g/mol. The number of fused-ring (bicyclic) bond motifs is 1. The molecule has 0 amide bonds. The molecule has 0 spiro atoms. The van der Waals surface area contributed by atoms with Gasteiger partial charge in [0.15, 0.2) is 0 Å². The van der Waals surface area contributed by atoms with E-state index in [1.165, 1.54) is 16.7 Å². The molecule has 1 aliphatic rings. The molecule has 3 aromatic rings. The van der Waals surface area contributed by atoms with Gasteiger partial charge in [-0.15, -0.1) is 0 Å². The highest BCUT2D eigenvalue weighted by Crippen LogP contribution is 2.36. The molecule has 0 bridgehead atoms. The van der Waals surface area contributed by atoms with Crippen molar-refractivity contribution in [2.45, 2.75) is 19.4 Å². The summed E-state index contributed by atoms with van der Waals surface area (Å²) in [5.74, 6) is 0. The molecule has 4 heteroatoms. The normalized spacial score (nSPS) is 13.3. The second-order valence-corrected chi connectivity index (χ2v) is 6.09. The number of allylic oxidation sites excluding steroid dienone is 1. The Balaban J connectivity index is 1.84. The van der Waals surface area contributed by atoms with E-state index in [9.17, 15) is 5.11 Å². The van der Waals surface area contributed by atoms with Crippen LogP contribution in [0.1, 0.15) is 17.5 Å². The number of aromatic nitrogens is 3. The largest absolute Gasteiger partial charge is 0.394 e. The number of hydrogen-bond donors (Lipinski definition) is 1. The van der Waals surface area contributed by atoms with Crippen molar-refractivity contribution in [3.8, 4) is 22.4 Å². The Kier molecular flexibility index (Phi) is 3.75. The van der Waals surface area contributed by atoms with Gasteiger partial charge in [0, 0.05) is 29.7 Å². The zero-order chi connectivity index (χ0) is 16.5. The van der Waals surface area contributed by atoms with Crippen molar-refractivity contribution < 1.29 is 5.11 Å². The van der Waals surface area contributed by atoms with Crippen molar-refractivity contribution >= 4 is 5.57 Å². The van der Waals surface area contributed by atoms with E-state index < -0.39 is 0 Å². The van der Waals surface area contributed by atoms with Crippen molar-refractivity contribution in [2.24, 2.45) is 0 Å². The van der Waals surface area contributed by atoms with Crippen molar-refractivity contribution in [2.75, 3.05) is 6.61 Å². The van der Waals surface area contributed by atoms with E-state index in [-0.39, 0.29) is 6.61 Å². The second kappa shape index (κ2) is 6.06. The molecule has 0 unspecified atom stereocenters. The Morgan fingerprint density at radius 1 is 1.04 bits per heavy atom. The molecule has 0 aliphatic heterocycles. The van der Waals surface area contributed by atoms with Gasteiger partial charge in [-0.2, -0.15) is 5.10 Å². The van der Waals surface area contributed by atoms with Gasteiger partial charge in [-0.25, -0.2) is 0 Å². The summed E-state index contributed by atoms with van der Waals surface area (Å²) in [7, 11) is 0. The van der Waals surface area contributed by atoms with Crippen LogP contribution in [0.5, 0.6) is 0 Å². The molecule has 1 aliphatic carbocycles. The lowest BCUT2D eigenvalue weighted by molar-refractivity contribution is 0.269. The van der Waals surface area contributed by atoms with Crippen molar-refractivity contribution in [3.63, 3.8) is 0 Å². The van der Waals surface area contributed by atoms with Crippen molar-refractivity contribution in [1.82, 2.24) is 14.8 Å². The van der Waals surface area contributed by atoms with E-state index in [0.717, 1.165) is 35.2 Å². The summed E-state index contributed by atoms with van der Waals surface area (Å²) in [5.41, 5.74) is 8.04. The standard InChI is InChI=1S/C20H19N3O/c1-14-2-3-16-12-17(4-5-18(14)16)19-13-23(10-11-24)22-20(19)15-6-8-21-9-7-15/h4-9,12-13,24H,1-3,10-11H2. The topological polar surface area (TPSA) is 50.9 Å². The van der Waals surface area contributed by atoms with Crippen LogP contribution in [-0.4, -0.2) is 26.5 Å². The first kappa shape index (κ1) is 14.8. The zero-order valence-electron chi connectivity index (χ0n) is 13.4. The maximum atomic E-state index is 9.24. The Morgan fingerprint density at radius 2 is 1.88 bits per heavy atom. The summed E-state index contributed by atoms with van der Waals surface area (Å²) in [6.07, 6.45) is 7.66. The Morgan fingerprint density at radius 3 is 2.67 bits per heavy atom. The average Bonchev–Trinajstić information content (AvgIpc) is 3.20. The number of aryl methyl sites for hydroxylation is 1. The van der Waals surface area contributed by atoms with Crippen LogP contribution < -0.4 is 0 Å². The summed E-state index contributed by atoms with van der Waals surface area (Å²) in [4.78, 5) is 4.09. The molecular weight excluding hydrogens is 298 g/mol.